The highest BCUT2D eigenvalue weighted by Crippen LogP contribution is 2.30. The molecule has 2 bridgehead atoms. The van der Waals surface area contributed by atoms with E-state index in [4.69, 9.17) is 9.47 Å². The molecule has 0 radical (unpaired) electrons. The fraction of sp³-hybridized carbons (Fsp3) is 0.375. The predicted molar refractivity (Wildman–Crippen MR) is 109 cm³/mol. The molecule has 2 unspecified atom stereocenters. The van der Waals surface area contributed by atoms with Crippen molar-refractivity contribution in [1.29, 1.82) is 0 Å². The number of fused-ring (bicyclic) bond motifs is 2. The molecule has 2 aromatic carbocycles. The molecule has 4 nitrogen and oxygen atoms in total. The Morgan fingerprint density at radius 1 is 1.11 bits per heavy atom. The zero-order valence-electron chi connectivity index (χ0n) is 16.6. The first kappa shape index (κ1) is 18.8. The van der Waals surface area contributed by atoms with Gasteiger partial charge in [0.25, 0.3) is 0 Å². The second kappa shape index (κ2) is 8.19. The smallest absolute Gasteiger partial charge is 0.411 e. The third kappa shape index (κ3) is 3.97. The minimum Gasteiger partial charge on any atom is -0.445 e. The van der Waals surface area contributed by atoms with Gasteiger partial charge in [-0.3, -0.25) is 4.90 Å². The Labute approximate surface area is 166 Å². The van der Waals surface area contributed by atoms with Crippen LogP contribution in [0.5, 0.6) is 0 Å². The Kier molecular flexibility index (Phi) is 5.49. The maximum atomic E-state index is 12.8. The zero-order valence-corrected chi connectivity index (χ0v) is 16.6. The predicted octanol–water partition coefficient (Wildman–Crippen LogP) is 4.58. The molecule has 146 valence electrons. The fourth-order valence-electron chi connectivity index (χ4n) is 4.14. The molecule has 2 heterocycles. The van der Waals surface area contributed by atoms with Crippen LogP contribution in [0.4, 0.5) is 4.79 Å². The first-order valence-electron chi connectivity index (χ1n) is 9.93. The highest BCUT2D eigenvalue weighted by atomic mass is 16.6. The maximum absolute atomic E-state index is 12.8. The number of hydrogen-bond acceptors (Lipinski definition) is 3. The Balaban J connectivity index is 1.46. The molecular weight excluding hydrogens is 350 g/mol. The molecule has 4 rings (SSSR count). The molecule has 0 N–H and O–H groups in total. The quantitative estimate of drug-likeness (QED) is 0.732. The Morgan fingerprint density at radius 3 is 2.71 bits per heavy atom. The van der Waals surface area contributed by atoms with Crippen LogP contribution in [0, 0.1) is 13.8 Å². The van der Waals surface area contributed by atoms with Crippen molar-refractivity contribution in [2.24, 2.45) is 0 Å². The third-order valence-electron chi connectivity index (χ3n) is 5.83. The molecule has 1 saturated heterocycles. The molecule has 0 spiro atoms. The normalized spacial score (nSPS) is 21.2. The van der Waals surface area contributed by atoms with Crippen LogP contribution in [0.15, 0.2) is 60.2 Å². The van der Waals surface area contributed by atoms with Crippen molar-refractivity contribution in [3.05, 3.63) is 82.4 Å². The number of ether oxygens (including phenoxy) is 2. The summed E-state index contributed by atoms with van der Waals surface area (Å²) in [6, 6.07) is 16.3. The minimum atomic E-state index is -0.246. The highest BCUT2D eigenvalue weighted by Gasteiger charge is 2.38. The number of hydrogen-bond donors (Lipinski definition) is 0. The Morgan fingerprint density at radius 2 is 1.93 bits per heavy atom. The van der Waals surface area contributed by atoms with Crippen molar-refractivity contribution < 1.29 is 14.3 Å². The maximum Gasteiger partial charge on any atom is 0.411 e. The van der Waals surface area contributed by atoms with Gasteiger partial charge in [-0.25, -0.2) is 4.79 Å². The van der Waals surface area contributed by atoms with Crippen molar-refractivity contribution in [3.63, 3.8) is 0 Å². The van der Waals surface area contributed by atoms with E-state index in [9.17, 15) is 4.79 Å². The summed E-state index contributed by atoms with van der Waals surface area (Å²) >= 11 is 0. The van der Waals surface area contributed by atoms with Crippen LogP contribution in [0.1, 0.15) is 28.7 Å². The van der Waals surface area contributed by atoms with Crippen molar-refractivity contribution in [2.75, 3.05) is 13.2 Å². The summed E-state index contributed by atoms with van der Waals surface area (Å²) in [4.78, 5) is 14.6. The van der Waals surface area contributed by atoms with Gasteiger partial charge in [-0.05, 0) is 48.9 Å². The standard InChI is InChI=1S/C24H27NO3/c1-17-7-6-10-21(18(17)2)11-20-12-22-15-27-16-23(13-20)25(22)24(26)28-14-19-8-4-3-5-9-19/h3-10,12,22-23H,11,13-16H2,1-2H3. The topological polar surface area (TPSA) is 38.8 Å². The lowest BCUT2D eigenvalue weighted by atomic mass is 9.88. The number of morpholine rings is 1. The largest absolute Gasteiger partial charge is 0.445 e. The van der Waals surface area contributed by atoms with Crippen LogP contribution in [0.25, 0.3) is 0 Å². The lowest BCUT2D eigenvalue weighted by molar-refractivity contribution is -0.0374. The average Bonchev–Trinajstić information content (AvgIpc) is 2.70. The van der Waals surface area contributed by atoms with E-state index in [1.54, 1.807) is 0 Å². The van der Waals surface area contributed by atoms with E-state index in [0.717, 1.165) is 18.4 Å². The second-order valence-electron chi connectivity index (χ2n) is 7.77. The summed E-state index contributed by atoms with van der Waals surface area (Å²) in [7, 11) is 0. The summed E-state index contributed by atoms with van der Waals surface area (Å²) in [5, 5.41) is 0. The van der Waals surface area contributed by atoms with Gasteiger partial charge in [0, 0.05) is 0 Å². The van der Waals surface area contributed by atoms with Crippen LogP contribution < -0.4 is 0 Å². The molecule has 2 atom stereocenters. The number of carbonyl (C=O) groups is 1. The first-order valence-corrected chi connectivity index (χ1v) is 9.93. The summed E-state index contributed by atoms with van der Waals surface area (Å²) in [5.74, 6) is 0. The Hall–Kier alpha value is -2.59. The van der Waals surface area contributed by atoms with Gasteiger partial charge in [0.05, 0.1) is 25.3 Å². The van der Waals surface area contributed by atoms with Crippen molar-refractivity contribution >= 4 is 6.09 Å². The molecule has 28 heavy (non-hydrogen) atoms. The first-order chi connectivity index (χ1) is 13.6. The van der Waals surface area contributed by atoms with Crippen LogP contribution in [-0.4, -0.2) is 36.3 Å². The van der Waals surface area contributed by atoms with Gasteiger partial charge < -0.3 is 9.47 Å². The van der Waals surface area contributed by atoms with E-state index in [0.29, 0.717) is 19.8 Å². The van der Waals surface area contributed by atoms with Crippen LogP contribution in [-0.2, 0) is 22.5 Å². The molecule has 0 aromatic heterocycles. The average molecular weight is 377 g/mol. The fourth-order valence-corrected chi connectivity index (χ4v) is 4.14. The summed E-state index contributed by atoms with van der Waals surface area (Å²) in [6.45, 7) is 5.75. The van der Waals surface area contributed by atoms with Gasteiger partial charge in [0.15, 0.2) is 0 Å². The van der Waals surface area contributed by atoms with Gasteiger partial charge in [0.2, 0.25) is 0 Å². The van der Waals surface area contributed by atoms with Crippen LogP contribution >= 0.6 is 0 Å². The van der Waals surface area contributed by atoms with Crippen molar-refractivity contribution in [2.45, 2.75) is 45.4 Å². The van der Waals surface area contributed by atoms with Gasteiger partial charge in [-0.15, -0.1) is 0 Å². The highest BCUT2D eigenvalue weighted by molar-refractivity contribution is 5.69. The van der Waals surface area contributed by atoms with Crippen molar-refractivity contribution in [1.82, 2.24) is 4.90 Å². The van der Waals surface area contributed by atoms with Gasteiger partial charge in [0.1, 0.15) is 6.61 Å². The molecule has 1 fully saturated rings. The van der Waals surface area contributed by atoms with E-state index >= 15 is 0 Å². The molecule has 4 heteroatoms. The second-order valence-corrected chi connectivity index (χ2v) is 7.77. The number of carbonyl (C=O) groups excluding carboxylic acids is 1. The number of benzene rings is 2. The molecule has 2 aliphatic rings. The van der Waals surface area contributed by atoms with Gasteiger partial charge in [-0.1, -0.05) is 60.2 Å². The summed E-state index contributed by atoms with van der Waals surface area (Å²) in [6.07, 6.45) is 3.74. The van der Waals surface area contributed by atoms with Crippen LogP contribution in [0.2, 0.25) is 0 Å². The molecule has 2 aromatic rings. The third-order valence-corrected chi connectivity index (χ3v) is 5.83. The van der Waals surface area contributed by atoms with E-state index in [2.05, 4.69) is 38.1 Å². The molecule has 2 aliphatic heterocycles. The molecule has 1 amide bonds. The SMILES string of the molecule is Cc1cccc(CC2=CC3COCC(C2)N3C(=O)OCc2ccccc2)c1C. The number of rotatable bonds is 4. The molecule has 0 saturated carbocycles. The zero-order chi connectivity index (χ0) is 19.5. The summed E-state index contributed by atoms with van der Waals surface area (Å²) in [5.41, 5.74) is 6.43. The summed E-state index contributed by atoms with van der Waals surface area (Å²) < 4.78 is 11.3. The van der Waals surface area contributed by atoms with E-state index in [-0.39, 0.29) is 18.2 Å². The van der Waals surface area contributed by atoms with E-state index in [1.807, 2.05) is 35.2 Å². The lowest BCUT2D eigenvalue weighted by Gasteiger charge is -2.43. The van der Waals surface area contributed by atoms with E-state index in [1.165, 1.54) is 22.3 Å². The molecular formula is C24H27NO3. The number of amides is 1. The lowest BCUT2D eigenvalue weighted by Crippen LogP contribution is -2.56. The molecule has 0 aliphatic carbocycles. The van der Waals surface area contributed by atoms with Gasteiger partial charge in [-0.2, -0.15) is 0 Å². The number of nitrogens with zero attached hydrogens (tertiary/aromatic N) is 1. The van der Waals surface area contributed by atoms with E-state index < -0.39 is 0 Å². The minimum absolute atomic E-state index is 0.0455. The Bertz CT molecular complexity index is 875. The monoisotopic (exact) mass is 377 g/mol. The number of aryl methyl sites for hydroxylation is 1. The van der Waals surface area contributed by atoms with Crippen molar-refractivity contribution in [3.8, 4) is 0 Å². The van der Waals surface area contributed by atoms with Crippen LogP contribution in [0.3, 0.4) is 0 Å². The van der Waals surface area contributed by atoms with Gasteiger partial charge >= 0.3 is 6.09 Å².